The number of fused-ring (bicyclic) bond motifs is 1. The van der Waals surface area contributed by atoms with E-state index in [0.29, 0.717) is 23.6 Å². The van der Waals surface area contributed by atoms with Gasteiger partial charge in [0.15, 0.2) is 11.9 Å². The van der Waals surface area contributed by atoms with E-state index in [1.54, 1.807) is 22.8 Å². The highest BCUT2D eigenvalue weighted by Gasteiger charge is 2.10. The van der Waals surface area contributed by atoms with Crippen molar-refractivity contribution in [3.8, 4) is 0 Å². The zero-order valence-electron chi connectivity index (χ0n) is 8.91. The Morgan fingerprint density at radius 3 is 2.94 bits per heavy atom. The Labute approximate surface area is 96.7 Å². The normalized spacial score (nSPS) is 10.8. The molecule has 0 aromatic carbocycles. The number of nitrogens with zero attached hydrogens (tertiary/aromatic N) is 3. The van der Waals surface area contributed by atoms with Gasteiger partial charge in [0.1, 0.15) is 11.6 Å². The first-order chi connectivity index (χ1) is 8.38. The van der Waals surface area contributed by atoms with Crippen LogP contribution in [-0.4, -0.2) is 20.9 Å². The van der Waals surface area contributed by atoms with E-state index in [2.05, 4.69) is 10.2 Å². The molecule has 3 heterocycles. The second-order valence-corrected chi connectivity index (χ2v) is 3.63. The van der Waals surface area contributed by atoms with Crippen molar-refractivity contribution < 1.29 is 9.21 Å². The summed E-state index contributed by atoms with van der Waals surface area (Å²) in [7, 11) is 0. The van der Waals surface area contributed by atoms with Crippen molar-refractivity contribution >= 4 is 11.9 Å². The molecule has 0 aliphatic carbocycles. The lowest BCUT2D eigenvalue weighted by Crippen LogP contribution is -2.01. The van der Waals surface area contributed by atoms with E-state index >= 15 is 0 Å². The molecule has 0 aliphatic heterocycles. The van der Waals surface area contributed by atoms with E-state index < -0.39 is 0 Å². The van der Waals surface area contributed by atoms with E-state index in [9.17, 15) is 4.79 Å². The van der Waals surface area contributed by atoms with Crippen LogP contribution in [0.1, 0.15) is 22.1 Å². The predicted molar refractivity (Wildman–Crippen MR) is 59.9 cm³/mol. The van der Waals surface area contributed by atoms with Crippen LogP contribution < -0.4 is 0 Å². The maximum absolute atomic E-state index is 11.0. The Balaban J connectivity index is 2.13. The van der Waals surface area contributed by atoms with Crippen LogP contribution in [0.3, 0.4) is 0 Å². The number of carbonyl (C=O) groups excluding carboxylic acids is 1. The van der Waals surface area contributed by atoms with Gasteiger partial charge in [0.25, 0.3) is 0 Å². The zero-order chi connectivity index (χ0) is 11.7. The van der Waals surface area contributed by atoms with Crippen LogP contribution >= 0.6 is 0 Å². The molecule has 3 aromatic rings. The summed E-state index contributed by atoms with van der Waals surface area (Å²) < 4.78 is 6.99. The molecule has 0 atom stereocenters. The third-order valence-electron chi connectivity index (χ3n) is 2.56. The monoisotopic (exact) mass is 227 g/mol. The van der Waals surface area contributed by atoms with Gasteiger partial charge in [-0.3, -0.25) is 9.20 Å². The summed E-state index contributed by atoms with van der Waals surface area (Å²) in [6.45, 7) is 0. The molecule has 0 saturated heterocycles. The van der Waals surface area contributed by atoms with Crippen LogP contribution in [0.25, 0.3) is 5.65 Å². The Morgan fingerprint density at radius 2 is 2.18 bits per heavy atom. The molecule has 0 N–H and O–H groups in total. The standard InChI is InChI=1S/C12H9N3O2/c16-8-9-3-1-5-11-13-14-12(15(9)11)7-10-4-2-6-17-10/h1-6,8H,7H2. The lowest BCUT2D eigenvalue weighted by atomic mass is 10.3. The highest BCUT2D eigenvalue weighted by Crippen LogP contribution is 2.12. The topological polar surface area (TPSA) is 60.4 Å². The quantitative estimate of drug-likeness (QED) is 0.639. The Morgan fingerprint density at radius 1 is 1.24 bits per heavy atom. The minimum absolute atomic E-state index is 0.513. The summed E-state index contributed by atoms with van der Waals surface area (Å²) in [6, 6.07) is 9.01. The SMILES string of the molecule is O=Cc1cccc2nnc(Cc3ccco3)n12. The van der Waals surface area contributed by atoms with Crippen LogP contribution in [0.15, 0.2) is 41.0 Å². The van der Waals surface area contributed by atoms with Gasteiger partial charge in [0.2, 0.25) is 0 Å². The fourth-order valence-corrected chi connectivity index (χ4v) is 1.80. The fraction of sp³-hybridized carbons (Fsp3) is 0.0833. The number of hydrogen-bond donors (Lipinski definition) is 0. The Kier molecular flexibility index (Phi) is 2.22. The van der Waals surface area contributed by atoms with E-state index in [0.717, 1.165) is 12.0 Å². The van der Waals surface area contributed by atoms with Gasteiger partial charge in [-0.25, -0.2) is 0 Å². The summed E-state index contributed by atoms with van der Waals surface area (Å²) >= 11 is 0. The van der Waals surface area contributed by atoms with Crippen molar-refractivity contribution in [1.82, 2.24) is 14.6 Å². The molecule has 0 fully saturated rings. The number of carbonyl (C=O) groups is 1. The number of pyridine rings is 1. The van der Waals surface area contributed by atoms with E-state index in [-0.39, 0.29) is 0 Å². The van der Waals surface area contributed by atoms with Crippen LogP contribution in [0, 0.1) is 0 Å². The van der Waals surface area contributed by atoms with E-state index in [1.165, 1.54) is 0 Å². The predicted octanol–water partition coefficient (Wildman–Crippen LogP) is 1.73. The number of furan rings is 1. The number of aromatic nitrogens is 3. The van der Waals surface area contributed by atoms with Crippen molar-refractivity contribution in [2.45, 2.75) is 6.42 Å². The molecular formula is C12H9N3O2. The van der Waals surface area contributed by atoms with Gasteiger partial charge in [-0.15, -0.1) is 10.2 Å². The van der Waals surface area contributed by atoms with Crippen molar-refractivity contribution in [2.24, 2.45) is 0 Å². The van der Waals surface area contributed by atoms with Crippen LogP contribution in [0.2, 0.25) is 0 Å². The van der Waals surface area contributed by atoms with E-state index in [1.807, 2.05) is 18.2 Å². The largest absolute Gasteiger partial charge is 0.469 e. The van der Waals surface area contributed by atoms with E-state index in [4.69, 9.17) is 4.42 Å². The minimum Gasteiger partial charge on any atom is -0.469 e. The van der Waals surface area contributed by atoms with Crippen molar-refractivity contribution in [1.29, 1.82) is 0 Å². The minimum atomic E-state index is 0.513. The molecule has 5 heteroatoms. The average Bonchev–Trinajstić information content (AvgIpc) is 2.99. The molecule has 0 bridgehead atoms. The Hall–Kier alpha value is -2.43. The molecule has 0 unspecified atom stereocenters. The highest BCUT2D eigenvalue weighted by molar-refractivity contribution is 5.73. The zero-order valence-corrected chi connectivity index (χ0v) is 8.91. The first kappa shape index (κ1) is 9.77. The average molecular weight is 227 g/mol. The van der Waals surface area contributed by atoms with Crippen molar-refractivity contribution in [2.75, 3.05) is 0 Å². The molecule has 84 valence electrons. The lowest BCUT2D eigenvalue weighted by Gasteiger charge is -2.00. The maximum atomic E-state index is 11.0. The molecular weight excluding hydrogens is 218 g/mol. The molecule has 3 aromatic heterocycles. The van der Waals surface area contributed by atoms with Crippen LogP contribution in [0.4, 0.5) is 0 Å². The van der Waals surface area contributed by atoms with Gasteiger partial charge in [0, 0.05) is 0 Å². The third kappa shape index (κ3) is 1.61. The number of aldehydes is 1. The number of rotatable bonds is 3. The third-order valence-corrected chi connectivity index (χ3v) is 2.56. The Bertz CT molecular complexity index is 656. The summed E-state index contributed by atoms with van der Waals surface area (Å²) in [5.41, 5.74) is 1.20. The molecule has 0 spiro atoms. The molecule has 5 nitrogen and oxygen atoms in total. The van der Waals surface area contributed by atoms with Gasteiger partial charge in [-0.2, -0.15) is 0 Å². The summed E-state index contributed by atoms with van der Waals surface area (Å²) in [4.78, 5) is 11.0. The first-order valence-corrected chi connectivity index (χ1v) is 5.19. The van der Waals surface area contributed by atoms with Gasteiger partial charge >= 0.3 is 0 Å². The second-order valence-electron chi connectivity index (χ2n) is 3.63. The van der Waals surface area contributed by atoms with Gasteiger partial charge < -0.3 is 4.42 Å². The highest BCUT2D eigenvalue weighted by atomic mass is 16.3. The molecule has 0 saturated carbocycles. The first-order valence-electron chi connectivity index (χ1n) is 5.19. The molecule has 3 rings (SSSR count). The van der Waals surface area contributed by atoms with Crippen LogP contribution in [-0.2, 0) is 6.42 Å². The van der Waals surface area contributed by atoms with Gasteiger partial charge in [-0.1, -0.05) is 6.07 Å². The summed E-state index contributed by atoms with van der Waals surface area (Å²) in [5, 5.41) is 8.09. The summed E-state index contributed by atoms with van der Waals surface area (Å²) in [5.74, 6) is 1.48. The van der Waals surface area contributed by atoms with Gasteiger partial charge in [-0.05, 0) is 24.3 Å². The second kappa shape index (κ2) is 3.86. The summed E-state index contributed by atoms with van der Waals surface area (Å²) in [6.07, 6.45) is 2.92. The molecule has 0 aliphatic rings. The van der Waals surface area contributed by atoms with Crippen molar-refractivity contribution in [3.05, 3.63) is 53.9 Å². The maximum Gasteiger partial charge on any atom is 0.166 e. The molecule has 17 heavy (non-hydrogen) atoms. The number of hydrogen-bond acceptors (Lipinski definition) is 4. The van der Waals surface area contributed by atoms with Gasteiger partial charge in [0.05, 0.1) is 18.4 Å². The molecule has 0 amide bonds. The smallest absolute Gasteiger partial charge is 0.166 e. The lowest BCUT2D eigenvalue weighted by molar-refractivity contribution is 0.111. The van der Waals surface area contributed by atoms with Crippen LogP contribution in [0.5, 0.6) is 0 Å². The molecule has 0 radical (unpaired) electrons. The van der Waals surface area contributed by atoms with Crippen molar-refractivity contribution in [3.63, 3.8) is 0 Å². The fourth-order valence-electron chi connectivity index (χ4n) is 1.80.